The van der Waals surface area contributed by atoms with E-state index < -0.39 is 5.92 Å². The third-order valence-corrected chi connectivity index (χ3v) is 5.96. The van der Waals surface area contributed by atoms with Crippen LogP contribution in [-0.4, -0.2) is 30.9 Å². The molecule has 1 heterocycles. The maximum atomic E-state index is 13.0. The van der Waals surface area contributed by atoms with E-state index in [1.54, 1.807) is 29.2 Å². The normalized spacial score (nSPS) is 15.1. The lowest BCUT2D eigenvalue weighted by molar-refractivity contribution is -0.122. The molecule has 0 bridgehead atoms. The zero-order chi connectivity index (χ0) is 24.8. The molecule has 7 heteroatoms. The van der Waals surface area contributed by atoms with Gasteiger partial charge in [0, 0.05) is 25.2 Å². The molecule has 2 N–H and O–H groups in total. The van der Waals surface area contributed by atoms with Crippen molar-refractivity contribution >= 4 is 29.1 Å². The highest BCUT2D eigenvalue weighted by atomic mass is 16.5. The minimum Gasteiger partial charge on any atom is -0.494 e. The van der Waals surface area contributed by atoms with Crippen molar-refractivity contribution in [2.75, 3.05) is 23.4 Å². The van der Waals surface area contributed by atoms with Crippen LogP contribution >= 0.6 is 0 Å². The van der Waals surface area contributed by atoms with Crippen LogP contribution in [0.2, 0.25) is 0 Å². The molecule has 0 aliphatic carbocycles. The molecule has 1 saturated heterocycles. The first-order chi connectivity index (χ1) is 16.9. The lowest BCUT2D eigenvalue weighted by Gasteiger charge is -2.17. The Morgan fingerprint density at radius 1 is 1.00 bits per heavy atom. The van der Waals surface area contributed by atoms with E-state index in [-0.39, 0.29) is 30.7 Å². The van der Waals surface area contributed by atoms with Crippen LogP contribution in [0, 0.1) is 12.8 Å². The van der Waals surface area contributed by atoms with E-state index in [2.05, 4.69) is 10.6 Å². The maximum Gasteiger partial charge on any atom is 0.253 e. The highest BCUT2D eigenvalue weighted by Crippen LogP contribution is 2.28. The highest BCUT2D eigenvalue weighted by molar-refractivity contribution is 6.07. The van der Waals surface area contributed by atoms with Gasteiger partial charge in [0.15, 0.2) is 0 Å². The largest absolute Gasteiger partial charge is 0.494 e. The molecule has 35 heavy (non-hydrogen) atoms. The minimum absolute atomic E-state index is 0.112. The van der Waals surface area contributed by atoms with Crippen LogP contribution in [-0.2, 0) is 16.1 Å². The molecule has 3 aromatic carbocycles. The molecular weight excluding hydrogens is 442 g/mol. The molecule has 4 rings (SSSR count). The Kier molecular flexibility index (Phi) is 7.45. The lowest BCUT2D eigenvalue weighted by atomic mass is 10.1. The average Bonchev–Trinajstić information content (AvgIpc) is 3.26. The van der Waals surface area contributed by atoms with Crippen molar-refractivity contribution < 1.29 is 19.1 Å². The van der Waals surface area contributed by atoms with Gasteiger partial charge in [-0.3, -0.25) is 14.4 Å². The number of aryl methyl sites for hydroxylation is 1. The molecule has 3 aromatic rings. The Bertz CT molecular complexity index is 1210. The number of carbonyl (C=O) groups is 3. The van der Waals surface area contributed by atoms with Gasteiger partial charge in [-0.25, -0.2) is 0 Å². The monoisotopic (exact) mass is 471 g/mol. The zero-order valence-electron chi connectivity index (χ0n) is 19.9. The van der Waals surface area contributed by atoms with Crippen LogP contribution in [0.4, 0.5) is 11.4 Å². The molecule has 0 spiro atoms. The Balaban J connectivity index is 1.39. The molecule has 1 atom stereocenters. The Hall–Kier alpha value is -4.13. The number of nitrogens with zero attached hydrogens (tertiary/aromatic N) is 1. The van der Waals surface area contributed by atoms with Crippen molar-refractivity contribution in [2.45, 2.75) is 26.8 Å². The van der Waals surface area contributed by atoms with Crippen molar-refractivity contribution in [1.82, 2.24) is 5.32 Å². The van der Waals surface area contributed by atoms with Gasteiger partial charge in [0.25, 0.3) is 5.91 Å². The third kappa shape index (κ3) is 5.87. The van der Waals surface area contributed by atoms with Gasteiger partial charge in [-0.05, 0) is 55.8 Å². The maximum absolute atomic E-state index is 13.0. The second-order valence-corrected chi connectivity index (χ2v) is 8.54. The second kappa shape index (κ2) is 10.9. The summed E-state index contributed by atoms with van der Waals surface area (Å²) in [6.07, 6.45) is 0.112. The smallest absolute Gasteiger partial charge is 0.253 e. The number of hydrogen-bond donors (Lipinski definition) is 2. The number of benzene rings is 3. The number of carbonyl (C=O) groups excluding carboxylic acids is 3. The van der Waals surface area contributed by atoms with Crippen molar-refractivity contribution in [3.8, 4) is 5.75 Å². The summed E-state index contributed by atoms with van der Waals surface area (Å²) in [7, 11) is 0. The van der Waals surface area contributed by atoms with Crippen molar-refractivity contribution in [1.29, 1.82) is 0 Å². The Morgan fingerprint density at radius 2 is 1.71 bits per heavy atom. The summed E-state index contributed by atoms with van der Waals surface area (Å²) in [6.45, 7) is 5.15. The summed E-state index contributed by atoms with van der Waals surface area (Å²) in [6, 6.07) is 22.1. The highest BCUT2D eigenvalue weighted by Gasteiger charge is 2.35. The van der Waals surface area contributed by atoms with E-state index >= 15 is 0 Å². The van der Waals surface area contributed by atoms with Crippen LogP contribution in [0.5, 0.6) is 5.75 Å². The molecule has 180 valence electrons. The first-order valence-corrected chi connectivity index (χ1v) is 11.7. The second-order valence-electron chi connectivity index (χ2n) is 8.54. The van der Waals surface area contributed by atoms with Gasteiger partial charge in [0.2, 0.25) is 11.8 Å². The molecule has 1 aliphatic heterocycles. The number of ether oxygens (including phenoxy) is 1. The van der Waals surface area contributed by atoms with Crippen LogP contribution in [0.15, 0.2) is 72.8 Å². The first-order valence-electron chi connectivity index (χ1n) is 11.7. The SMILES string of the molecule is CCOc1ccc(N2C[C@H](C(=O)Nc3ccccc3C(=O)NCc3ccc(C)cc3)CC2=O)cc1. The van der Waals surface area contributed by atoms with Gasteiger partial charge in [0.1, 0.15) is 5.75 Å². The summed E-state index contributed by atoms with van der Waals surface area (Å²) < 4.78 is 5.45. The summed E-state index contributed by atoms with van der Waals surface area (Å²) in [5, 5.41) is 5.76. The van der Waals surface area contributed by atoms with Crippen molar-refractivity contribution in [3.63, 3.8) is 0 Å². The number of amides is 3. The van der Waals surface area contributed by atoms with Crippen LogP contribution in [0.1, 0.15) is 34.8 Å². The van der Waals surface area contributed by atoms with E-state index in [1.165, 1.54) is 0 Å². The van der Waals surface area contributed by atoms with Gasteiger partial charge < -0.3 is 20.3 Å². The van der Waals surface area contributed by atoms with Gasteiger partial charge in [-0.2, -0.15) is 0 Å². The molecule has 0 aromatic heterocycles. The number of anilines is 2. The number of para-hydroxylation sites is 1. The molecule has 0 radical (unpaired) electrons. The number of nitrogens with one attached hydrogen (secondary N) is 2. The van der Waals surface area contributed by atoms with E-state index in [0.717, 1.165) is 22.6 Å². The van der Waals surface area contributed by atoms with Crippen LogP contribution < -0.4 is 20.3 Å². The number of hydrogen-bond acceptors (Lipinski definition) is 4. The minimum atomic E-state index is -0.516. The fraction of sp³-hybridized carbons (Fsp3) is 0.250. The van der Waals surface area contributed by atoms with Crippen molar-refractivity contribution in [3.05, 3.63) is 89.5 Å². The molecular formula is C28H29N3O4. The molecule has 1 fully saturated rings. The van der Waals surface area contributed by atoms with Gasteiger partial charge in [0.05, 0.1) is 23.8 Å². The van der Waals surface area contributed by atoms with Gasteiger partial charge >= 0.3 is 0 Å². The molecule has 0 saturated carbocycles. The van der Waals surface area contributed by atoms with E-state index in [1.807, 2.05) is 62.4 Å². The predicted molar refractivity (Wildman–Crippen MR) is 135 cm³/mol. The fourth-order valence-corrected chi connectivity index (χ4v) is 4.03. The molecule has 0 unspecified atom stereocenters. The van der Waals surface area contributed by atoms with Gasteiger partial charge in [-0.1, -0.05) is 42.0 Å². The first kappa shape index (κ1) is 24.0. The third-order valence-electron chi connectivity index (χ3n) is 5.96. The summed E-state index contributed by atoms with van der Waals surface area (Å²) in [5.41, 5.74) is 3.67. The predicted octanol–water partition coefficient (Wildman–Crippen LogP) is 4.32. The Morgan fingerprint density at radius 3 is 2.43 bits per heavy atom. The standard InChI is InChI=1S/C28H29N3O4/c1-3-35-23-14-12-22(13-15-23)31-18-21(16-26(31)32)27(33)30-25-7-5-4-6-24(25)28(34)29-17-20-10-8-19(2)9-11-20/h4-15,21H,3,16-18H2,1-2H3,(H,29,34)(H,30,33)/t21-/m1/s1. The van der Waals surface area contributed by atoms with Crippen LogP contribution in [0.25, 0.3) is 0 Å². The van der Waals surface area contributed by atoms with E-state index in [0.29, 0.717) is 24.4 Å². The molecule has 3 amide bonds. The molecule has 7 nitrogen and oxygen atoms in total. The summed E-state index contributed by atoms with van der Waals surface area (Å²) in [4.78, 5) is 40.1. The van der Waals surface area contributed by atoms with Crippen LogP contribution in [0.3, 0.4) is 0 Å². The molecule has 1 aliphatic rings. The van der Waals surface area contributed by atoms with Crippen molar-refractivity contribution in [2.24, 2.45) is 5.92 Å². The van der Waals surface area contributed by atoms with E-state index in [4.69, 9.17) is 4.74 Å². The number of rotatable bonds is 8. The lowest BCUT2D eigenvalue weighted by Crippen LogP contribution is -2.29. The fourth-order valence-electron chi connectivity index (χ4n) is 4.03. The van der Waals surface area contributed by atoms with E-state index in [9.17, 15) is 14.4 Å². The topological polar surface area (TPSA) is 87.7 Å². The Labute approximate surface area is 205 Å². The van der Waals surface area contributed by atoms with Gasteiger partial charge in [-0.15, -0.1) is 0 Å². The summed E-state index contributed by atoms with van der Waals surface area (Å²) >= 11 is 0. The average molecular weight is 472 g/mol. The summed E-state index contributed by atoms with van der Waals surface area (Å²) in [5.74, 6) is -0.462. The quantitative estimate of drug-likeness (QED) is 0.512. The zero-order valence-corrected chi connectivity index (χ0v) is 19.9.